The highest BCUT2D eigenvalue weighted by Crippen LogP contribution is 2.41. The average Bonchev–Trinajstić information content (AvgIpc) is 2.75. The molecule has 1 fully saturated rings. The van der Waals surface area contributed by atoms with Gasteiger partial charge in [-0.2, -0.15) is 0 Å². The van der Waals surface area contributed by atoms with Crippen LogP contribution in [0.15, 0.2) is 29.5 Å². The summed E-state index contributed by atoms with van der Waals surface area (Å²) in [6, 6.07) is 5.68. The van der Waals surface area contributed by atoms with Gasteiger partial charge >= 0.3 is 7.12 Å². The van der Waals surface area contributed by atoms with Gasteiger partial charge in [0.05, 0.1) is 17.8 Å². The third-order valence-corrected chi connectivity index (χ3v) is 4.95. The molecular weight excluding hydrogens is 310 g/mol. The Labute approximate surface area is 143 Å². The third kappa shape index (κ3) is 2.93. The molecule has 3 rings (SSSR count). The van der Waals surface area contributed by atoms with Crippen molar-refractivity contribution >= 4 is 7.12 Å². The van der Waals surface area contributed by atoms with Gasteiger partial charge in [-0.25, -0.2) is 4.39 Å². The van der Waals surface area contributed by atoms with Crippen molar-refractivity contribution in [3.63, 3.8) is 0 Å². The lowest BCUT2D eigenvalue weighted by Crippen LogP contribution is -2.41. The Morgan fingerprint density at radius 2 is 1.88 bits per heavy atom. The van der Waals surface area contributed by atoms with Crippen LogP contribution in [0.2, 0.25) is 0 Å². The first-order chi connectivity index (χ1) is 11.2. The molecule has 0 aliphatic carbocycles. The summed E-state index contributed by atoms with van der Waals surface area (Å²) in [5, 5.41) is 0. The molecule has 1 aromatic rings. The van der Waals surface area contributed by atoms with Crippen LogP contribution < -0.4 is 9.47 Å². The zero-order valence-corrected chi connectivity index (χ0v) is 14.9. The second kappa shape index (κ2) is 6.08. The number of ether oxygens (including phenoxy) is 2. The highest BCUT2D eigenvalue weighted by molar-refractivity contribution is 6.53. The van der Waals surface area contributed by atoms with Gasteiger partial charge in [0.2, 0.25) is 0 Å². The van der Waals surface area contributed by atoms with Gasteiger partial charge in [0.25, 0.3) is 0 Å². The molecule has 0 N–H and O–H groups in total. The SMILES string of the molecule is CCOc1cccc2c1OCC(=C(F)B1OC(C)(C)C(C)(C)O1)C2. The van der Waals surface area contributed by atoms with Crippen molar-refractivity contribution in [3.05, 3.63) is 35.1 Å². The fourth-order valence-corrected chi connectivity index (χ4v) is 2.84. The predicted octanol–water partition coefficient (Wildman–Crippen LogP) is 3.88. The van der Waals surface area contributed by atoms with Crippen molar-refractivity contribution < 1.29 is 23.2 Å². The number of rotatable bonds is 3. The van der Waals surface area contributed by atoms with Crippen LogP contribution in [0.1, 0.15) is 40.2 Å². The summed E-state index contributed by atoms with van der Waals surface area (Å²) in [5.41, 5.74) is -0.0550. The normalized spacial score (nSPS) is 23.5. The maximum atomic E-state index is 14.9. The van der Waals surface area contributed by atoms with Crippen LogP contribution in [0, 0.1) is 0 Å². The maximum absolute atomic E-state index is 14.9. The van der Waals surface area contributed by atoms with Crippen LogP contribution >= 0.6 is 0 Å². The molecule has 130 valence electrons. The van der Waals surface area contributed by atoms with Gasteiger partial charge < -0.3 is 18.8 Å². The summed E-state index contributed by atoms with van der Waals surface area (Å²) in [4.78, 5) is 0. The third-order valence-electron chi connectivity index (χ3n) is 4.95. The van der Waals surface area contributed by atoms with Gasteiger partial charge in [-0.05, 0) is 46.3 Å². The van der Waals surface area contributed by atoms with E-state index >= 15 is 0 Å². The first kappa shape index (κ1) is 17.3. The van der Waals surface area contributed by atoms with Crippen LogP contribution in [0.4, 0.5) is 4.39 Å². The van der Waals surface area contributed by atoms with Crippen LogP contribution in [-0.4, -0.2) is 31.5 Å². The molecule has 0 aromatic heterocycles. The molecule has 0 radical (unpaired) electrons. The monoisotopic (exact) mass is 334 g/mol. The zero-order chi connectivity index (χ0) is 17.5. The van der Waals surface area contributed by atoms with Crippen molar-refractivity contribution in [2.45, 2.75) is 52.2 Å². The first-order valence-corrected chi connectivity index (χ1v) is 8.35. The van der Waals surface area contributed by atoms with Gasteiger partial charge in [-0.15, -0.1) is 0 Å². The Hall–Kier alpha value is -1.53. The lowest BCUT2D eigenvalue weighted by Gasteiger charge is -2.32. The van der Waals surface area contributed by atoms with Crippen molar-refractivity contribution in [2.75, 3.05) is 13.2 Å². The molecule has 0 atom stereocenters. The summed E-state index contributed by atoms with van der Waals surface area (Å²) in [6.45, 7) is 10.3. The summed E-state index contributed by atoms with van der Waals surface area (Å²) < 4.78 is 37.9. The van der Waals surface area contributed by atoms with Gasteiger partial charge in [0.1, 0.15) is 12.3 Å². The first-order valence-electron chi connectivity index (χ1n) is 8.35. The molecule has 0 bridgehead atoms. The molecule has 1 aromatic carbocycles. The van der Waals surface area contributed by atoms with E-state index in [4.69, 9.17) is 18.8 Å². The molecule has 4 nitrogen and oxygen atoms in total. The van der Waals surface area contributed by atoms with Crippen molar-refractivity contribution in [1.29, 1.82) is 0 Å². The Kier molecular flexibility index (Phi) is 4.38. The molecule has 2 aliphatic heterocycles. The van der Waals surface area contributed by atoms with E-state index in [9.17, 15) is 4.39 Å². The molecule has 2 aliphatic rings. The zero-order valence-electron chi connectivity index (χ0n) is 14.9. The van der Waals surface area contributed by atoms with E-state index in [0.29, 0.717) is 30.1 Å². The Morgan fingerprint density at radius 3 is 2.50 bits per heavy atom. The number of hydrogen-bond donors (Lipinski definition) is 0. The fraction of sp³-hybridized carbons (Fsp3) is 0.556. The highest BCUT2D eigenvalue weighted by atomic mass is 19.1. The average molecular weight is 334 g/mol. The molecule has 0 unspecified atom stereocenters. The van der Waals surface area contributed by atoms with E-state index < -0.39 is 18.3 Å². The summed E-state index contributed by atoms with van der Waals surface area (Å²) in [6.07, 6.45) is 0.464. The number of benzene rings is 1. The topological polar surface area (TPSA) is 36.9 Å². The Bertz CT molecular complexity index is 653. The van der Waals surface area contributed by atoms with Crippen molar-refractivity contribution in [2.24, 2.45) is 0 Å². The van der Waals surface area contributed by atoms with Gasteiger partial charge in [0.15, 0.2) is 11.5 Å². The number of halogens is 1. The molecule has 24 heavy (non-hydrogen) atoms. The van der Waals surface area contributed by atoms with Crippen LogP contribution in [0.25, 0.3) is 0 Å². The minimum absolute atomic E-state index is 0.174. The number of hydrogen-bond acceptors (Lipinski definition) is 4. The standard InChI is InChI=1S/C18H24BFO4/c1-6-21-14-9-7-8-12-10-13(11-22-15(12)14)16(20)19-23-17(2,3)18(4,5)24-19/h7-9H,6,10-11H2,1-5H3. The summed E-state index contributed by atoms with van der Waals surface area (Å²) in [7, 11) is -0.981. The van der Waals surface area contributed by atoms with Crippen molar-refractivity contribution in [1.82, 2.24) is 0 Å². The van der Waals surface area contributed by atoms with E-state index in [1.807, 2.05) is 52.8 Å². The molecule has 6 heteroatoms. The molecule has 0 saturated carbocycles. The minimum Gasteiger partial charge on any atom is -0.490 e. The second-order valence-corrected chi connectivity index (χ2v) is 7.18. The molecular formula is C18H24BFO4. The highest BCUT2D eigenvalue weighted by Gasteiger charge is 2.53. The van der Waals surface area contributed by atoms with Crippen molar-refractivity contribution in [3.8, 4) is 11.5 Å². The number of fused-ring (bicyclic) bond motifs is 1. The summed E-state index contributed by atoms with van der Waals surface area (Å²) in [5.74, 6) is 1.40. The van der Waals surface area contributed by atoms with Gasteiger partial charge in [0, 0.05) is 12.0 Å². The fourth-order valence-electron chi connectivity index (χ4n) is 2.84. The molecule has 2 heterocycles. The molecule has 0 spiro atoms. The lowest BCUT2D eigenvalue weighted by molar-refractivity contribution is 0.00578. The van der Waals surface area contributed by atoms with E-state index in [-0.39, 0.29) is 12.3 Å². The second-order valence-electron chi connectivity index (χ2n) is 7.18. The number of para-hydroxylation sites is 1. The summed E-state index contributed by atoms with van der Waals surface area (Å²) >= 11 is 0. The molecule has 1 saturated heterocycles. The van der Waals surface area contributed by atoms with Crippen LogP contribution in [0.5, 0.6) is 11.5 Å². The Morgan fingerprint density at radius 1 is 1.21 bits per heavy atom. The smallest absolute Gasteiger partial charge is 0.490 e. The van der Waals surface area contributed by atoms with E-state index in [2.05, 4.69) is 0 Å². The lowest BCUT2D eigenvalue weighted by atomic mass is 9.82. The van der Waals surface area contributed by atoms with Gasteiger partial charge in [-0.3, -0.25) is 0 Å². The van der Waals surface area contributed by atoms with Crippen LogP contribution in [0.3, 0.4) is 0 Å². The van der Waals surface area contributed by atoms with Gasteiger partial charge in [-0.1, -0.05) is 12.1 Å². The van der Waals surface area contributed by atoms with E-state index in [1.54, 1.807) is 0 Å². The van der Waals surface area contributed by atoms with E-state index in [1.165, 1.54) is 0 Å². The largest absolute Gasteiger partial charge is 0.525 e. The minimum atomic E-state index is -0.981. The molecule has 0 amide bonds. The quantitative estimate of drug-likeness (QED) is 0.786. The van der Waals surface area contributed by atoms with Crippen LogP contribution in [-0.2, 0) is 15.7 Å². The Balaban J connectivity index is 1.85. The van der Waals surface area contributed by atoms with E-state index in [0.717, 1.165) is 5.56 Å². The maximum Gasteiger partial charge on any atom is 0.525 e. The predicted molar refractivity (Wildman–Crippen MR) is 91.0 cm³/mol.